The van der Waals surface area contributed by atoms with Crippen molar-refractivity contribution >= 4 is 40.7 Å². The molecule has 17 nitrogen and oxygen atoms in total. The molecule has 0 unspecified atom stereocenters. The minimum absolute atomic E-state index is 0.0463. The number of hydrogen-bond acceptors (Lipinski definition) is 18. The van der Waals surface area contributed by atoms with Gasteiger partial charge in [0.25, 0.3) is 0 Å². The molecule has 330 valence electrons. The quantitative estimate of drug-likeness (QED) is 0.103. The lowest BCUT2D eigenvalue weighted by atomic mass is 9.74. The Labute approximate surface area is 351 Å². The normalized spacial score (nSPS) is 35.7. The van der Waals surface area contributed by atoms with Crippen LogP contribution in [0.15, 0.2) is 23.5 Å². The Kier molecular flexibility index (Phi) is 16.6. The lowest BCUT2D eigenvalue weighted by Crippen LogP contribution is -2.60. The number of nitrogen functional groups attached to an aromatic ring is 1. The van der Waals surface area contributed by atoms with E-state index in [0.717, 1.165) is 5.56 Å². The fourth-order valence-electron chi connectivity index (χ4n) is 8.11. The van der Waals surface area contributed by atoms with Crippen LogP contribution in [0.3, 0.4) is 0 Å². The third-order valence-electron chi connectivity index (χ3n) is 11.6. The summed E-state index contributed by atoms with van der Waals surface area (Å²) in [5.74, 6) is -5.91. The maximum absolute atomic E-state index is 14.4. The first-order valence-corrected chi connectivity index (χ1v) is 21.1. The van der Waals surface area contributed by atoms with Gasteiger partial charge in [-0.25, -0.2) is 0 Å². The summed E-state index contributed by atoms with van der Waals surface area (Å²) in [5.41, 5.74) is 3.69. The molecule has 2 aliphatic heterocycles. The van der Waals surface area contributed by atoms with Gasteiger partial charge in [-0.3, -0.25) is 19.4 Å². The fraction of sp³-hybridized carbons (Fsp3) is 0.732. The predicted molar refractivity (Wildman–Crippen MR) is 220 cm³/mol. The molecule has 0 aromatic carbocycles. The van der Waals surface area contributed by atoms with Gasteiger partial charge in [-0.05, 0) is 91.1 Å². The molecule has 4 rings (SSSR count). The van der Waals surface area contributed by atoms with Gasteiger partial charge in [0.05, 0.1) is 41.9 Å². The third kappa shape index (κ3) is 11.7. The number of rotatable bonds is 12. The summed E-state index contributed by atoms with van der Waals surface area (Å²) in [7, 11) is 3.66. The largest absolute Gasteiger partial charge is 0.459 e. The first-order valence-electron chi connectivity index (χ1n) is 20.3. The molecule has 13 atom stereocenters. The van der Waals surface area contributed by atoms with Crippen LogP contribution in [0.4, 0.5) is 5.95 Å². The van der Waals surface area contributed by atoms with Gasteiger partial charge in [-0.2, -0.15) is 9.36 Å². The summed E-state index contributed by atoms with van der Waals surface area (Å²) >= 11 is 1.17. The van der Waals surface area contributed by atoms with Crippen molar-refractivity contribution in [1.82, 2.24) is 19.2 Å². The molecule has 2 aromatic heterocycles. The number of Topliss-reactive ketones (excluding diaryl/α,β-unsaturated/α-hetero) is 2. The summed E-state index contributed by atoms with van der Waals surface area (Å²) < 4.78 is 28.6. The second-order valence-corrected chi connectivity index (χ2v) is 17.5. The number of aromatic nitrogens is 3. The molecule has 0 bridgehead atoms. The summed E-state index contributed by atoms with van der Waals surface area (Å²) in [6, 6.07) is 3.26. The zero-order chi connectivity index (χ0) is 44.0. The zero-order valence-electron chi connectivity index (χ0n) is 36.2. The molecule has 2 saturated heterocycles. The van der Waals surface area contributed by atoms with Crippen molar-refractivity contribution in [2.45, 2.75) is 149 Å². The van der Waals surface area contributed by atoms with Crippen molar-refractivity contribution in [2.75, 3.05) is 26.4 Å². The summed E-state index contributed by atoms with van der Waals surface area (Å²) in [6.45, 7) is 14.4. The maximum atomic E-state index is 14.4. The van der Waals surface area contributed by atoms with Crippen LogP contribution in [0, 0.1) is 23.7 Å². The highest BCUT2D eigenvalue weighted by Crippen LogP contribution is 2.37. The number of aliphatic hydroxyl groups is 3. The summed E-state index contributed by atoms with van der Waals surface area (Å²) in [6.07, 6.45) is -3.87. The molecule has 0 aliphatic carbocycles. The third-order valence-corrected chi connectivity index (χ3v) is 12.4. The van der Waals surface area contributed by atoms with Gasteiger partial charge in [0.15, 0.2) is 18.7 Å². The van der Waals surface area contributed by atoms with Gasteiger partial charge >= 0.3 is 5.97 Å². The lowest BCUT2D eigenvalue weighted by Gasteiger charge is -2.46. The SMILES string of the molecule is CCC(CO[C@@H]1[C@@H](C)C(=O)[C@H](C)C[C@@](C)(O)[C@H](O[C@@H]2O[C@H](C)C[C@H](N(C)C)[C@H]2O)[C@@H](C)C(=O)[C@@H](C)C(=O)O[C@H](CC)[C@@]1(C)O)=NOCc1ccc(-c2nc(N)ns2)cn1. The van der Waals surface area contributed by atoms with E-state index >= 15 is 0 Å². The predicted octanol–water partition coefficient (Wildman–Crippen LogP) is 3.57. The number of pyridine rings is 1. The van der Waals surface area contributed by atoms with Crippen LogP contribution >= 0.6 is 11.5 Å². The van der Waals surface area contributed by atoms with E-state index in [1.165, 1.54) is 39.2 Å². The van der Waals surface area contributed by atoms with Gasteiger partial charge in [0, 0.05) is 35.6 Å². The van der Waals surface area contributed by atoms with E-state index in [9.17, 15) is 29.7 Å². The zero-order valence-corrected chi connectivity index (χ0v) is 37.0. The molecule has 5 N–H and O–H groups in total. The highest BCUT2D eigenvalue weighted by atomic mass is 32.1. The van der Waals surface area contributed by atoms with Gasteiger partial charge in [0.2, 0.25) is 5.95 Å². The van der Waals surface area contributed by atoms with Crippen LogP contribution in [0.25, 0.3) is 10.6 Å². The molecule has 2 aromatic rings. The van der Waals surface area contributed by atoms with E-state index in [-0.39, 0.29) is 49.9 Å². The minimum atomic E-state index is -1.93. The highest BCUT2D eigenvalue weighted by Gasteiger charge is 2.52. The van der Waals surface area contributed by atoms with Crippen LogP contribution in [0.1, 0.15) is 93.7 Å². The molecule has 2 aliphatic rings. The number of nitrogens with two attached hydrogens (primary N) is 1. The number of esters is 1. The van der Waals surface area contributed by atoms with E-state index < -0.39 is 77.3 Å². The average Bonchev–Trinajstić information content (AvgIpc) is 3.63. The van der Waals surface area contributed by atoms with Gasteiger partial charge in [-0.1, -0.05) is 39.8 Å². The van der Waals surface area contributed by atoms with Crippen molar-refractivity contribution in [3.05, 3.63) is 24.0 Å². The molecule has 2 fully saturated rings. The molecular formula is C41H64N6O11S. The number of likely N-dealkylation sites (N-methyl/N-ethyl adjacent to an activating group) is 1. The molecule has 0 radical (unpaired) electrons. The summed E-state index contributed by atoms with van der Waals surface area (Å²) in [4.78, 5) is 58.2. The lowest BCUT2D eigenvalue weighted by molar-refractivity contribution is -0.293. The molecular weight excluding hydrogens is 785 g/mol. The van der Waals surface area contributed by atoms with E-state index in [4.69, 9.17) is 29.5 Å². The van der Waals surface area contributed by atoms with Crippen LogP contribution < -0.4 is 5.73 Å². The fourth-order valence-corrected chi connectivity index (χ4v) is 8.70. The molecule has 18 heteroatoms. The first-order chi connectivity index (χ1) is 27.6. The number of ether oxygens (including phenoxy) is 4. The molecule has 4 heterocycles. The number of carbonyl (C=O) groups is 3. The number of ketones is 2. The van der Waals surface area contributed by atoms with Gasteiger partial charge < -0.3 is 49.7 Å². The van der Waals surface area contributed by atoms with Crippen molar-refractivity contribution in [1.29, 1.82) is 0 Å². The van der Waals surface area contributed by atoms with Crippen LogP contribution in [0.2, 0.25) is 0 Å². The smallest absolute Gasteiger partial charge is 0.316 e. The van der Waals surface area contributed by atoms with Crippen LogP contribution in [0.5, 0.6) is 0 Å². The Morgan fingerprint density at radius 1 is 1.05 bits per heavy atom. The number of aliphatic hydroxyl groups excluding tert-OH is 1. The van der Waals surface area contributed by atoms with Crippen molar-refractivity contribution in [2.24, 2.45) is 28.8 Å². The number of carbonyl (C=O) groups excluding carboxylic acids is 3. The van der Waals surface area contributed by atoms with E-state index in [1.807, 2.05) is 38.9 Å². The van der Waals surface area contributed by atoms with Crippen LogP contribution in [-0.4, -0.2) is 133 Å². The Hall–Kier alpha value is -3.49. The maximum Gasteiger partial charge on any atom is 0.316 e. The number of oxime groups is 1. The van der Waals surface area contributed by atoms with Gasteiger partial charge in [0.1, 0.15) is 34.5 Å². The Morgan fingerprint density at radius 2 is 1.73 bits per heavy atom. The number of anilines is 1. The standard InChI is InChI=1S/C41H64N6O11S/c1-12-27(45-55-20-28-15-14-26(18-43-28)36-44-39(42)46-59-36)19-54-35-23(5)31(48)21(3)17-40(8,52)34(58-38-33(50)29(47(10)11)16-22(4)56-38)24(6)32(49)25(7)37(51)57-30(13-2)41(35,9)53/h14-15,18,21-25,29-30,33-35,38,50,52-53H,12-13,16-17,19-20H2,1-11H3,(H2,42,46)/t21-,22-,23+,24+,25-,29+,30-,33-,34-,35-,38+,40-,41-/m1/s1. The number of cyclic esters (lactones) is 1. The molecule has 0 amide bonds. The summed E-state index contributed by atoms with van der Waals surface area (Å²) in [5, 5.41) is 40.6. The first kappa shape index (κ1) is 48.2. The van der Waals surface area contributed by atoms with E-state index in [0.29, 0.717) is 29.3 Å². The molecule has 0 saturated carbocycles. The van der Waals surface area contributed by atoms with Crippen LogP contribution in [-0.2, 0) is 44.8 Å². The Morgan fingerprint density at radius 3 is 2.31 bits per heavy atom. The monoisotopic (exact) mass is 848 g/mol. The van der Waals surface area contributed by atoms with Crippen molar-refractivity contribution in [3.63, 3.8) is 0 Å². The molecule has 59 heavy (non-hydrogen) atoms. The van der Waals surface area contributed by atoms with Crippen molar-refractivity contribution < 1.29 is 53.5 Å². The number of hydrogen-bond donors (Lipinski definition) is 4. The number of nitrogens with zero attached hydrogens (tertiary/aromatic N) is 5. The average molecular weight is 849 g/mol. The second kappa shape index (κ2) is 20.4. The molecule has 0 spiro atoms. The van der Waals surface area contributed by atoms with E-state index in [1.54, 1.807) is 33.0 Å². The van der Waals surface area contributed by atoms with Crippen molar-refractivity contribution in [3.8, 4) is 10.6 Å². The second-order valence-electron chi connectivity index (χ2n) is 16.8. The van der Waals surface area contributed by atoms with E-state index in [2.05, 4.69) is 19.5 Å². The highest BCUT2D eigenvalue weighted by molar-refractivity contribution is 7.09. The Balaban J connectivity index is 1.60. The van der Waals surface area contributed by atoms with Gasteiger partial charge in [-0.15, -0.1) is 0 Å². The topological polar surface area (TPSA) is 238 Å². The Bertz CT molecular complexity index is 1750. The minimum Gasteiger partial charge on any atom is -0.459 e.